The van der Waals surface area contributed by atoms with Gasteiger partial charge in [-0.05, 0) is 79.1 Å². The molecule has 2 heteroatoms. The number of carbonyl (C=O) groups is 1. The molecule has 1 N–H and O–H groups in total. The van der Waals surface area contributed by atoms with Crippen molar-refractivity contribution in [3.8, 4) is 0 Å². The van der Waals surface area contributed by atoms with Crippen LogP contribution in [0.1, 0.15) is 53.4 Å². The smallest absolute Gasteiger partial charge is 0.178 e. The van der Waals surface area contributed by atoms with Gasteiger partial charge in [-0.1, -0.05) is 32.4 Å². The predicted molar refractivity (Wildman–Crippen MR) is 91.8 cm³/mol. The lowest BCUT2D eigenvalue weighted by Crippen LogP contribution is -2.63. The Balaban J connectivity index is 1.93. The summed E-state index contributed by atoms with van der Waals surface area (Å²) < 4.78 is 0. The zero-order valence-electron chi connectivity index (χ0n) is 14.7. The number of fused-ring (bicyclic) bond motifs is 2. The number of hydrogen-bond acceptors (Lipinski definition) is 2. The first-order chi connectivity index (χ1) is 10.7. The van der Waals surface area contributed by atoms with E-state index in [1.54, 1.807) is 18.2 Å². The van der Waals surface area contributed by atoms with E-state index in [4.69, 9.17) is 0 Å². The van der Waals surface area contributed by atoms with Crippen LogP contribution in [0.4, 0.5) is 0 Å². The van der Waals surface area contributed by atoms with Gasteiger partial charge < -0.3 is 5.11 Å². The predicted octanol–water partition coefficient (Wildman–Crippen LogP) is 4.21. The maximum Gasteiger partial charge on any atom is 0.178 e. The van der Waals surface area contributed by atoms with Gasteiger partial charge in [0, 0.05) is 5.92 Å². The Bertz CT molecular complexity index is 669. The molecule has 0 aromatic heterocycles. The molecule has 2 saturated carbocycles. The normalized spacial score (nSPS) is 51.5. The van der Waals surface area contributed by atoms with Crippen LogP contribution in [0.15, 0.2) is 35.5 Å². The van der Waals surface area contributed by atoms with Crippen LogP contribution in [0.5, 0.6) is 0 Å². The first-order valence-electron chi connectivity index (χ1n) is 9.06. The highest BCUT2D eigenvalue weighted by molar-refractivity contribution is 6.01. The van der Waals surface area contributed by atoms with E-state index in [9.17, 15) is 9.90 Å². The third-order valence-corrected chi connectivity index (χ3v) is 8.07. The highest BCUT2D eigenvalue weighted by Crippen LogP contribution is 2.69. The maximum absolute atomic E-state index is 11.9. The van der Waals surface area contributed by atoms with Gasteiger partial charge >= 0.3 is 0 Å². The lowest BCUT2D eigenvalue weighted by Gasteiger charge is -2.66. The summed E-state index contributed by atoms with van der Waals surface area (Å²) in [6.45, 7) is 9.47. The van der Waals surface area contributed by atoms with Crippen LogP contribution in [0.2, 0.25) is 0 Å². The Hall–Kier alpha value is -1.15. The third kappa shape index (κ3) is 1.76. The standard InChI is InChI=1S/C21H28O2/c1-13-5-6-17-18-19(13,3)9-7-14(2)20(18,4)12-15-11-16(22)8-10-21(15,17)23/h5,8,10-11,14,17-18,23H,6-7,9,12H2,1-4H3/t14-,17-,18+,19+,20+,21+/m0/s1. The Morgan fingerprint density at radius 1 is 1.30 bits per heavy atom. The Morgan fingerprint density at radius 2 is 2.04 bits per heavy atom. The molecule has 0 radical (unpaired) electrons. The monoisotopic (exact) mass is 312 g/mol. The molecule has 0 aliphatic heterocycles. The number of carbonyl (C=O) groups excluding carboxylic acids is 1. The average Bonchev–Trinajstić information content (AvgIpc) is 2.49. The van der Waals surface area contributed by atoms with Crippen molar-refractivity contribution in [1.29, 1.82) is 0 Å². The highest BCUT2D eigenvalue weighted by Gasteiger charge is 2.64. The fraction of sp³-hybridized carbons (Fsp3) is 0.667. The van der Waals surface area contributed by atoms with Crippen LogP contribution < -0.4 is 0 Å². The molecule has 0 aromatic rings. The lowest BCUT2D eigenvalue weighted by atomic mass is 9.39. The van der Waals surface area contributed by atoms with Gasteiger partial charge in [0.05, 0.1) is 0 Å². The zero-order chi connectivity index (χ0) is 16.6. The van der Waals surface area contributed by atoms with Gasteiger partial charge in [0.2, 0.25) is 0 Å². The molecule has 6 atom stereocenters. The fourth-order valence-corrected chi connectivity index (χ4v) is 6.39. The van der Waals surface area contributed by atoms with Crippen molar-refractivity contribution in [1.82, 2.24) is 0 Å². The summed E-state index contributed by atoms with van der Waals surface area (Å²) >= 11 is 0. The summed E-state index contributed by atoms with van der Waals surface area (Å²) in [5, 5.41) is 11.5. The van der Waals surface area contributed by atoms with Gasteiger partial charge in [0.1, 0.15) is 5.60 Å². The topological polar surface area (TPSA) is 37.3 Å². The van der Waals surface area contributed by atoms with Crippen LogP contribution in [0.3, 0.4) is 0 Å². The van der Waals surface area contributed by atoms with Crippen LogP contribution in [-0.2, 0) is 4.79 Å². The SMILES string of the molecule is CC1=CC[C@H]2[C@H]3[C@](C)(CC4=CC(=O)C=C[C@@]42O)[C@@H](C)CC[C@]13C. The minimum atomic E-state index is -0.923. The summed E-state index contributed by atoms with van der Waals surface area (Å²) in [6.07, 6.45) is 11.6. The van der Waals surface area contributed by atoms with E-state index >= 15 is 0 Å². The molecule has 0 heterocycles. The summed E-state index contributed by atoms with van der Waals surface area (Å²) in [5.74, 6) is 1.32. The van der Waals surface area contributed by atoms with Crippen molar-refractivity contribution in [2.75, 3.05) is 0 Å². The van der Waals surface area contributed by atoms with Crippen molar-refractivity contribution in [3.05, 3.63) is 35.5 Å². The van der Waals surface area contributed by atoms with Crippen LogP contribution in [0, 0.1) is 28.6 Å². The average molecular weight is 312 g/mol. The largest absolute Gasteiger partial charge is 0.381 e. The van der Waals surface area contributed by atoms with E-state index in [0.717, 1.165) is 18.4 Å². The van der Waals surface area contributed by atoms with E-state index in [0.29, 0.717) is 11.8 Å². The first kappa shape index (κ1) is 15.4. The second-order valence-corrected chi connectivity index (χ2v) is 8.98. The van der Waals surface area contributed by atoms with Crippen molar-refractivity contribution in [3.63, 3.8) is 0 Å². The summed E-state index contributed by atoms with van der Waals surface area (Å²) in [6, 6.07) is 0. The lowest BCUT2D eigenvalue weighted by molar-refractivity contribution is -0.144. The Labute approximate surface area is 139 Å². The van der Waals surface area contributed by atoms with Crippen LogP contribution in [-0.4, -0.2) is 16.5 Å². The quantitative estimate of drug-likeness (QED) is 0.680. The van der Waals surface area contributed by atoms with Crippen molar-refractivity contribution in [2.24, 2.45) is 28.6 Å². The number of aliphatic hydroxyl groups is 1. The number of ketones is 1. The minimum Gasteiger partial charge on any atom is -0.381 e. The molecule has 0 saturated heterocycles. The van der Waals surface area contributed by atoms with E-state index in [1.807, 2.05) is 0 Å². The fourth-order valence-electron chi connectivity index (χ4n) is 6.39. The van der Waals surface area contributed by atoms with Gasteiger partial charge in [0.25, 0.3) is 0 Å². The van der Waals surface area contributed by atoms with Crippen molar-refractivity contribution in [2.45, 2.75) is 59.0 Å². The molecule has 124 valence electrons. The molecule has 23 heavy (non-hydrogen) atoms. The molecule has 0 unspecified atom stereocenters. The summed E-state index contributed by atoms with van der Waals surface area (Å²) in [7, 11) is 0. The first-order valence-corrected chi connectivity index (χ1v) is 9.06. The van der Waals surface area contributed by atoms with Crippen molar-refractivity contribution < 1.29 is 9.90 Å². The second kappa shape index (κ2) is 4.47. The Kier molecular flexibility index (Phi) is 2.99. The summed E-state index contributed by atoms with van der Waals surface area (Å²) in [5.41, 5.74) is 1.88. The molecule has 4 rings (SSSR count). The maximum atomic E-state index is 11.9. The van der Waals surface area contributed by atoms with Gasteiger partial charge in [-0.15, -0.1) is 0 Å². The molecular formula is C21H28O2. The van der Waals surface area contributed by atoms with Crippen LogP contribution >= 0.6 is 0 Å². The molecule has 0 amide bonds. The summed E-state index contributed by atoms with van der Waals surface area (Å²) in [4.78, 5) is 11.9. The van der Waals surface area contributed by atoms with E-state index in [-0.39, 0.29) is 22.5 Å². The Morgan fingerprint density at radius 3 is 2.78 bits per heavy atom. The van der Waals surface area contributed by atoms with Gasteiger partial charge in [-0.25, -0.2) is 0 Å². The molecule has 2 fully saturated rings. The molecule has 4 aliphatic rings. The van der Waals surface area contributed by atoms with Gasteiger partial charge in [-0.3, -0.25) is 4.79 Å². The number of rotatable bonds is 0. The van der Waals surface area contributed by atoms with E-state index in [2.05, 4.69) is 33.8 Å². The molecule has 0 spiro atoms. The minimum absolute atomic E-state index is 0.0282. The van der Waals surface area contributed by atoms with E-state index < -0.39 is 5.60 Å². The third-order valence-electron chi connectivity index (χ3n) is 8.07. The molecular weight excluding hydrogens is 284 g/mol. The molecule has 0 bridgehead atoms. The van der Waals surface area contributed by atoms with Crippen LogP contribution in [0.25, 0.3) is 0 Å². The second-order valence-electron chi connectivity index (χ2n) is 8.98. The van der Waals surface area contributed by atoms with E-state index in [1.165, 1.54) is 18.4 Å². The van der Waals surface area contributed by atoms with Gasteiger partial charge in [0.15, 0.2) is 5.78 Å². The zero-order valence-corrected chi connectivity index (χ0v) is 14.7. The number of hydrogen-bond donors (Lipinski definition) is 1. The molecule has 0 aromatic carbocycles. The molecule has 2 nitrogen and oxygen atoms in total. The van der Waals surface area contributed by atoms with Crippen molar-refractivity contribution >= 4 is 5.78 Å². The molecule has 4 aliphatic carbocycles. The highest BCUT2D eigenvalue weighted by atomic mass is 16.3. The van der Waals surface area contributed by atoms with Gasteiger partial charge in [-0.2, -0.15) is 0 Å². The number of allylic oxidation sites excluding steroid dienone is 4.